The van der Waals surface area contributed by atoms with E-state index in [1.807, 2.05) is 38.4 Å². The van der Waals surface area contributed by atoms with Crippen molar-refractivity contribution >= 4 is 11.5 Å². The molecular weight excluding hydrogens is 434 g/mol. The minimum Gasteiger partial charge on any atom is -0.392 e. The fourth-order valence-corrected chi connectivity index (χ4v) is 7.47. The van der Waals surface area contributed by atoms with Crippen molar-refractivity contribution in [1.29, 1.82) is 0 Å². The highest BCUT2D eigenvalue weighted by Gasteiger charge is 2.54. The van der Waals surface area contributed by atoms with E-state index < -0.39 is 6.10 Å². The summed E-state index contributed by atoms with van der Waals surface area (Å²) in [4.78, 5) is 14.3. The van der Waals surface area contributed by atoms with Crippen molar-refractivity contribution in [2.75, 3.05) is 25.6 Å². The van der Waals surface area contributed by atoms with E-state index in [2.05, 4.69) is 36.1 Å². The third kappa shape index (κ3) is 4.36. The molecule has 1 aromatic carbocycles. The van der Waals surface area contributed by atoms with Gasteiger partial charge in [0.1, 0.15) is 0 Å². The maximum atomic E-state index is 12.2. The van der Waals surface area contributed by atoms with Gasteiger partial charge < -0.3 is 15.1 Å². The van der Waals surface area contributed by atoms with Gasteiger partial charge in [0.05, 0.1) is 12.7 Å². The van der Waals surface area contributed by atoms with Crippen molar-refractivity contribution < 1.29 is 15.0 Å². The second kappa shape index (κ2) is 9.55. The summed E-state index contributed by atoms with van der Waals surface area (Å²) in [6, 6.07) is 8.16. The summed E-state index contributed by atoms with van der Waals surface area (Å²) < 4.78 is 0. The number of hydrogen-bond acceptors (Lipinski definition) is 4. The molecule has 0 aliphatic heterocycles. The Labute approximate surface area is 209 Å². The van der Waals surface area contributed by atoms with Gasteiger partial charge in [-0.2, -0.15) is 0 Å². The minimum atomic E-state index is -0.664. The van der Waals surface area contributed by atoms with Crippen LogP contribution in [0.5, 0.6) is 0 Å². The number of anilines is 1. The van der Waals surface area contributed by atoms with Crippen LogP contribution in [0.1, 0.15) is 63.5 Å². The molecular formula is C31H39NO3. The fourth-order valence-electron chi connectivity index (χ4n) is 7.47. The van der Waals surface area contributed by atoms with E-state index in [1.54, 1.807) is 0 Å². The molecule has 2 fully saturated rings. The topological polar surface area (TPSA) is 60.8 Å². The number of benzene rings is 1. The minimum absolute atomic E-state index is 0.0858. The lowest BCUT2D eigenvalue weighted by Gasteiger charge is -2.50. The SMILES string of the molecule is CN(C)c1ccc(C(O)C=C2C[C@]3(C)[C@H](C=CCO)CC[C@H]3[C@@H]3CCC4=CC(=O)CCC4=C23)cc1. The van der Waals surface area contributed by atoms with Gasteiger partial charge in [-0.3, -0.25) is 4.79 Å². The first-order valence-electron chi connectivity index (χ1n) is 13.2. The van der Waals surface area contributed by atoms with Crippen molar-refractivity contribution in [3.05, 3.63) is 76.4 Å². The number of aliphatic hydroxyl groups is 2. The second-order valence-electron chi connectivity index (χ2n) is 11.4. The van der Waals surface area contributed by atoms with E-state index in [9.17, 15) is 15.0 Å². The molecule has 0 bridgehead atoms. The van der Waals surface area contributed by atoms with Crippen molar-refractivity contribution in [2.45, 2.75) is 58.0 Å². The Kier molecular flexibility index (Phi) is 6.63. The van der Waals surface area contributed by atoms with Crippen LogP contribution >= 0.6 is 0 Å². The number of aliphatic hydroxyl groups excluding tert-OH is 2. The zero-order valence-corrected chi connectivity index (χ0v) is 21.3. The molecule has 4 heteroatoms. The summed E-state index contributed by atoms with van der Waals surface area (Å²) >= 11 is 0. The van der Waals surface area contributed by atoms with Crippen LogP contribution in [0.4, 0.5) is 5.69 Å². The molecule has 1 aromatic rings. The van der Waals surface area contributed by atoms with E-state index in [4.69, 9.17) is 0 Å². The van der Waals surface area contributed by atoms with Crippen LogP contribution in [0, 0.1) is 23.2 Å². The fraction of sp³-hybridized carbons (Fsp3) is 0.516. The summed E-state index contributed by atoms with van der Waals surface area (Å²) in [6.45, 7) is 2.52. The summed E-state index contributed by atoms with van der Waals surface area (Å²) in [7, 11) is 4.04. The van der Waals surface area contributed by atoms with Crippen LogP contribution in [0.3, 0.4) is 0 Å². The lowest BCUT2D eigenvalue weighted by atomic mass is 9.54. The van der Waals surface area contributed by atoms with Crippen LogP contribution in [0.25, 0.3) is 0 Å². The van der Waals surface area contributed by atoms with E-state index in [-0.39, 0.29) is 17.8 Å². The van der Waals surface area contributed by atoms with Crippen molar-refractivity contribution in [3.63, 3.8) is 0 Å². The predicted octanol–water partition coefficient (Wildman–Crippen LogP) is 5.69. The van der Waals surface area contributed by atoms with Gasteiger partial charge in [-0.15, -0.1) is 0 Å². The Balaban J connectivity index is 1.58. The summed E-state index contributed by atoms with van der Waals surface area (Å²) in [6.07, 6.45) is 14.3. The van der Waals surface area contributed by atoms with Gasteiger partial charge >= 0.3 is 0 Å². The summed E-state index contributed by atoms with van der Waals surface area (Å²) in [5.74, 6) is 1.78. The molecule has 1 unspecified atom stereocenters. The van der Waals surface area contributed by atoms with Gasteiger partial charge in [0.25, 0.3) is 0 Å². The Morgan fingerprint density at radius 3 is 2.60 bits per heavy atom. The van der Waals surface area contributed by atoms with Gasteiger partial charge in [0, 0.05) is 26.2 Å². The van der Waals surface area contributed by atoms with Crippen LogP contribution in [-0.2, 0) is 4.79 Å². The highest BCUT2D eigenvalue weighted by atomic mass is 16.3. The molecule has 2 N–H and O–H groups in total. The zero-order valence-electron chi connectivity index (χ0n) is 21.3. The van der Waals surface area contributed by atoms with E-state index in [1.165, 1.54) is 28.7 Å². The standard InChI is InChI=1S/C31H39NO3/c1-31-19-22(18-29(35)20-6-10-24(11-7-20)32(2)3)30-26-14-12-25(34)17-21(26)8-13-27(30)28(31)15-9-23(31)5-4-16-33/h4-7,10-11,17-18,23,27-29,33,35H,8-9,12-16,19H2,1-3H3/t23-,27+,28+,29?,31-/m1/s1. The third-order valence-electron chi connectivity index (χ3n) is 9.23. The molecule has 0 saturated heterocycles. The molecule has 186 valence electrons. The monoisotopic (exact) mass is 473 g/mol. The molecule has 0 heterocycles. The molecule has 5 atom stereocenters. The first-order chi connectivity index (χ1) is 16.8. The van der Waals surface area contributed by atoms with E-state index in [0.29, 0.717) is 24.2 Å². The molecule has 0 spiro atoms. The molecule has 5 rings (SSSR count). The zero-order chi connectivity index (χ0) is 24.7. The lowest BCUT2D eigenvalue weighted by Crippen LogP contribution is -2.41. The molecule has 4 nitrogen and oxygen atoms in total. The van der Waals surface area contributed by atoms with E-state index >= 15 is 0 Å². The Morgan fingerprint density at radius 2 is 1.89 bits per heavy atom. The Morgan fingerprint density at radius 1 is 1.11 bits per heavy atom. The van der Waals surface area contributed by atoms with Gasteiger partial charge in [-0.25, -0.2) is 0 Å². The van der Waals surface area contributed by atoms with Crippen LogP contribution in [0.2, 0.25) is 0 Å². The maximum Gasteiger partial charge on any atom is 0.156 e. The van der Waals surface area contributed by atoms with Crippen molar-refractivity contribution in [1.82, 2.24) is 0 Å². The quantitative estimate of drug-likeness (QED) is 0.539. The largest absolute Gasteiger partial charge is 0.392 e. The number of nitrogens with zero attached hydrogens (tertiary/aromatic N) is 1. The molecule has 0 radical (unpaired) electrons. The number of ketones is 1. The van der Waals surface area contributed by atoms with Crippen LogP contribution in [-0.4, -0.2) is 36.7 Å². The number of carbonyl (C=O) groups excluding carboxylic acids is 1. The highest BCUT2D eigenvalue weighted by molar-refractivity contribution is 5.93. The molecule has 4 aliphatic carbocycles. The molecule has 4 aliphatic rings. The van der Waals surface area contributed by atoms with E-state index in [0.717, 1.165) is 43.4 Å². The summed E-state index contributed by atoms with van der Waals surface area (Å²) in [5.41, 5.74) is 7.48. The van der Waals surface area contributed by atoms with Crippen LogP contribution in [0.15, 0.2) is 70.9 Å². The van der Waals surface area contributed by atoms with Crippen molar-refractivity contribution in [3.8, 4) is 0 Å². The first kappa shape index (κ1) is 24.3. The van der Waals surface area contributed by atoms with Gasteiger partial charge in [-0.1, -0.05) is 31.2 Å². The second-order valence-corrected chi connectivity index (χ2v) is 11.4. The average Bonchev–Trinajstić information content (AvgIpc) is 3.17. The molecule has 0 amide bonds. The maximum absolute atomic E-state index is 12.2. The molecule has 0 aromatic heterocycles. The normalized spacial score (nSPS) is 32.4. The average molecular weight is 474 g/mol. The Bertz CT molecular complexity index is 1110. The third-order valence-corrected chi connectivity index (χ3v) is 9.23. The number of carbonyl (C=O) groups is 1. The van der Waals surface area contributed by atoms with Gasteiger partial charge in [0.15, 0.2) is 5.78 Å². The summed E-state index contributed by atoms with van der Waals surface area (Å²) in [5, 5.41) is 20.8. The van der Waals surface area contributed by atoms with Crippen LogP contribution < -0.4 is 4.90 Å². The Hall–Kier alpha value is -2.43. The molecule has 35 heavy (non-hydrogen) atoms. The number of hydrogen-bond donors (Lipinski definition) is 2. The van der Waals surface area contributed by atoms with Crippen molar-refractivity contribution in [2.24, 2.45) is 23.2 Å². The molecule has 2 saturated carbocycles. The predicted molar refractivity (Wildman–Crippen MR) is 141 cm³/mol. The number of fused-ring (bicyclic) bond motifs is 4. The number of allylic oxidation sites excluding steroid dienone is 6. The lowest BCUT2D eigenvalue weighted by molar-refractivity contribution is -0.114. The highest BCUT2D eigenvalue weighted by Crippen LogP contribution is 2.64. The van der Waals surface area contributed by atoms with Gasteiger partial charge in [-0.05, 0) is 114 Å². The van der Waals surface area contributed by atoms with Gasteiger partial charge in [0.2, 0.25) is 0 Å². The number of rotatable bonds is 5. The first-order valence-corrected chi connectivity index (χ1v) is 13.2. The smallest absolute Gasteiger partial charge is 0.156 e.